The molecule has 2 saturated carbocycles. The van der Waals surface area contributed by atoms with Gasteiger partial charge in [-0.05, 0) is 37.0 Å². The van der Waals surface area contributed by atoms with Crippen molar-refractivity contribution >= 4 is 0 Å². The second-order valence-electron chi connectivity index (χ2n) is 5.26. The molecule has 3 unspecified atom stereocenters. The van der Waals surface area contributed by atoms with Crippen molar-refractivity contribution in [3.8, 4) is 0 Å². The molecular formula is C12H23N. The van der Waals surface area contributed by atoms with Crippen molar-refractivity contribution in [2.45, 2.75) is 64.3 Å². The van der Waals surface area contributed by atoms with Crippen LogP contribution in [0.1, 0.15) is 58.3 Å². The van der Waals surface area contributed by atoms with Gasteiger partial charge in [-0.3, -0.25) is 0 Å². The van der Waals surface area contributed by atoms with E-state index in [9.17, 15) is 0 Å². The molecule has 3 atom stereocenters. The summed E-state index contributed by atoms with van der Waals surface area (Å²) < 4.78 is 0. The molecule has 2 rings (SSSR count). The van der Waals surface area contributed by atoms with E-state index in [1.54, 1.807) is 0 Å². The van der Waals surface area contributed by atoms with Gasteiger partial charge < -0.3 is 5.73 Å². The molecule has 2 aliphatic rings. The molecule has 1 spiro atoms. The molecule has 2 N–H and O–H groups in total. The van der Waals surface area contributed by atoms with Crippen molar-refractivity contribution < 1.29 is 0 Å². The molecule has 0 aromatic rings. The van der Waals surface area contributed by atoms with Gasteiger partial charge in [-0.15, -0.1) is 0 Å². The molecule has 0 aromatic heterocycles. The second-order valence-corrected chi connectivity index (χ2v) is 5.26. The van der Waals surface area contributed by atoms with E-state index >= 15 is 0 Å². The van der Waals surface area contributed by atoms with Crippen molar-refractivity contribution in [1.82, 2.24) is 0 Å². The molecule has 76 valence electrons. The quantitative estimate of drug-likeness (QED) is 0.696. The minimum Gasteiger partial charge on any atom is -0.327 e. The zero-order chi connectivity index (χ0) is 9.31. The molecule has 1 nitrogen and oxygen atoms in total. The van der Waals surface area contributed by atoms with Gasteiger partial charge in [-0.1, -0.05) is 32.6 Å². The van der Waals surface area contributed by atoms with Crippen LogP contribution in [0, 0.1) is 11.3 Å². The van der Waals surface area contributed by atoms with Gasteiger partial charge in [0.25, 0.3) is 0 Å². The van der Waals surface area contributed by atoms with Gasteiger partial charge in [-0.2, -0.15) is 0 Å². The van der Waals surface area contributed by atoms with Crippen molar-refractivity contribution in [3.63, 3.8) is 0 Å². The second kappa shape index (κ2) is 3.61. The van der Waals surface area contributed by atoms with Crippen molar-refractivity contribution in [2.75, 3.05) is 0 Å². The Hall–Kier alpha value is -0.0400. The summed E-state index contributed by atoms with van der Waals surface area (Å²) in [4.78, 5) is 0. The largest absolute Gasteiger partial charge is 0.327 e. The first-order valence-electron chi connectivity index (χ1n) is 6.02. The Kier molecular flexibility index (Phi) is 2.64. The summed E-state index contributed by atoms with van der Waals surface area (Å²) in [6.07, 6.45) is 11.4. The predicted octanol–water partition coefficient (Wildman–Crippen LogP) is 3.08. The SMILES string of the molecule is CCCC1CCCC2(CC1)CC2N. The fourth-order valence-electron chi connectivity index (χ4n) is 3.15. The highest BCUT2D eigenvalue weighted by Crippen LogP contribution is 2.55. The number of hydrogen-bond acceptors (Lipinski definition) is 1. The maximum atomic E-state index is 6.02. The Balaban J connectivity index is 1.84. The average Bonchev–Trinajstić information content (AvgIpc) is 2.78. The highest BCUT2D eigenvalue weighted by Gasteiger charge is 2.51. The van der Waals surface area contributed by atoms with Crippen molar-refractivity contribution in [2.24, 2.45) is 17.1 Å². The van der Waals surface area contributed by atoms with E-state index in [4.69, 9.17) is 5.73 Å². The lowest BCUT2D eigenvalue weighted by atomic mass is 9.93. The van der Waals surface area contributed by atoms with Crippen LogP contribution in [0.15, 0.2) is 0 Å². The van der Waals surface area contributed by atoms with Crippen LogP contribution in [0.25, 0.3) is 0 Å². The zero-order valence-electron chi connectivity index (χ0n) is 8.89. The van der Waals surface area contributed by atoms with E-state index in [0.29, 0.717) is 11.5 Å². The summed E-state index contributed by atoms with van der Waals surface area (Å²) in [5, 5.41) is 0. The first-order chi connectivity index (χ1) is 6.27. The van der Waals surface area contributed by atoms with Crippen molar-refractivity contribution in [1.29, 1.82) is 0 Å². The normalized spacial score (nSPS) is 44.8. The Bertz CT molecular complexity index is 178. The maximum Gasteiger partial charge on any atom is 0.0102 e. The minimum absolute atomic E-state index is 0.563. The molecule has 0 amide bonds. The Morgan fingerprint density at radius 2 is 2.08 bits per heavy atom. The van der Waals surface area contributed by atoms with Crippen LogP contribution in [-0.4, -0.2) is 6.04 Å². The molecule has 2 fully saturated rings. The van der Waals surface area contributed by atoms with Crippen LogP contribution in [-0.2, 0) is 0 Å². The molecule has 13 heavy (non-hydrogen) atoms. The van der Waals surface area contributed by atoms with Crippen LogP contribution in [0.5, 0.6) is 0 Å². The Morgan fingerprint density at radius 3 is 2.69 bits per heavy atom. The third kappa shape index (κ3) is 1.90. The number of hydrogen-bond donors (Lipinski definition) is 1. The Labute approximate surface area is 82.1 Å². The van der Waals surface area contributed by atoms with E-state index in [0.717, 1.165) is 5.92 Å². The van der Waals surface area contributed by atoms with Crippen molar-refractivity contribution in [3.05, 3.63) is 0 Å². The van der Waals surface area contributed by atoms with Crippen LogP contribution in [0.2, 0.25) is 0 Å². The zero-order valence-corrected chi connectivity index (χ0v) is 8.89. The molecule has 2 aliphatic carbocycles. The minimum atomic E-state index is 0.563. The van der Waals surface area contributed by atoms with Gasteiger partial charge >= 0.3 is 0 Å². The van der Waals surface area contributed by atoms with Gasteiger partial charge in [0.1, 0.15) is 0 Å². The van der Waals surface area contributed by atoms with Crippen LogP contribution in [0.3, 0.4) is 0 Å². The number of rotatable bonds is 2. The van der Waals surface area contributed by atoms with Gasteiger partial charge in [0.2, 0.25) is 0 Å². The van der Waals surface area contributed by atoms with Crippen LogP contribution < -0.4 is 5.73 Å². The fraction of sp³-hybridized carbons (Fsp3) is 1.00. The standard InChI is InChI=1S/C12H23N/c1-2-4-10-5-3-7-12(8-6-10)9-11(12)13/h10-11H,2-9,13H2,1H3. The molecular weight excluding hydrogens is 158 g/mol. The third-order valence-electron chi connectivity index (χ3n) is 4.29. The van der Waals surface area contributed by atoms with E-state index in [1.807, 2.05) is 0 Å². The summed E-state index contributed by atoms with van der Waals surface area (Å²) in [6, 6.07) is 0.563. The van der Waals surface area contributed by atoms with E-state index in [1.165, 1.54) is 51.4 Å². The summed E-state index contributed by atoms with van der Waals surface area (Å²) in [5.41, 5.74) is 6.65. The molecule has 0 saturated heterocycles. The first kappa shape index (κ1) is 9.51. The number of nitrogens with two attached hydrogens (primary N) is 1. The maximum absolute atomic E-state index is 6.02. The van der Waals surface area contributed by atoms with Crippen LogP contribution >= 0.6 is 0 Å². The van der Waals surface area contributed by atoms with Gasteiger partial charge in [0, 0.05) is 6.04 Å². The highest BCUT2D eigenvalue weighted by molar-refractivity contribution is 5.06. The highest BCUT2D eigenvalue weighted by atomic mass is 14.8. The average molecular weight is 181 g/mol. The molecule has 0 heterocycles. The van der Waals surface area contributed by atoms with Gasteiger partial charge in [-0.25, -0.2) is 0 Å². The molecule has 0 bridgehead atoms. The monoisotopic (exact) mass is 181 g/mol. The summed E-state index contributed by atoms with van der Waals surface area (Å²) in [6.45, 7) is 2.31. The topological polar surface area (TPSA) is 26.0 Å². The molecule has 0 aliphatic heterocycles. The summed E-state index contributed by atoms with van der Waals surface area (Å²) in [7, 11) is 0. The van der Waals surface area contributed by atoms with Gasteiger partial charge in [0.15, 0.2) is 0 Å². The van der Waals surface area contributed by atoms with Gasteiger partial charge in [0.05, 0.1) is 0 Å². The fourth-order valence-corrected chi connectivity index (χ4v) is 3.15. The lowest BCUT2D eigenvalue weighted by Gasteiger charge is -2.13. The lowest BCUT2D eigenvalue weighted by molar-refractivity contribution is 0.390. The predicted molar refractivity (Wildman–Crippen MR) is 56.5 cm³/mol. The smallest absolute Gasteiger partial charge is 0.0102 e. The molecule has 0 radical (unpaired) electrons. The molecule has 0 aromatic carbocycles. The molecule has 1 heteroatoms. The van der Waals surface area contributed by atoms with E-state index in [2.05, 4.69) is 6.92 Å². The third-order valence-corrected chi connectivity index (χ3v) is 4.29. The van der Waals surface area contributed by atoms with E-state index in [-0.39, 0.29) is 0 Å². The Morgan fingerprint density at radius 1 is 1.31 bits per heavy atom. The van der Waals surface area contributed by atoms with E-state index < -0.39 is 0 Å². The lowest BCUT2D eigenvalue weighted by Crippen LogP contribution is -2.13. The summed E-state index contributed by atoms with van der Waals surface area (Å²) in [5.74, 6) is 1.03. The van der Waals surface area contributed by atoms with Crippen LogP contribution in [0.4, 0.5) is 0 Å². The first-order valence-corrected chi connectivity index (χ1v) is 6.02. The summed E-state index contributed by atoms with van der Waals surface area (Å²) >= 11 is 0.